The normalized spacial score (nSPS) is 12.8. The molecule has 84 valence electrons. The molecule has 0 radical (unpaired) electrons. The van der Waals surface area contributed by atoms with E-state index in [1.54, 1.807) is 13.2 Å². The average molecular weight is 248 g/mol. The first-order valence-corrected chi connectivity index (χ1v) is 5.59. The van der Waals surface area contributed by atoms with Gasteiger partial charge in [-0.2, -0.15) is 0 Å². The summed E-state index contributed by atoms with van der Waals surface area (Å²) < 4.78 is 4.97. The summed E-state index contributed by atoms with van der Waals surface area (Å²) in [6.45, 7) is 0.724. The second kappa shape index (κ2) is 6.33. The van der Waals surface area contributed by atoms with Gasteiger partial charge in [-0.15, -0.1) is 0 Å². The average Bonchev–Trinajstić information content (AvgIpc) is 2.16. The molecule has 0 spiro atoms. The minimum absolute atomic E-state index is 0.0312. The maximum Gasteiger partial charge on any atom is 0.0462 e. The topological polar surface area (TPSA) is 35.2 Å². The molecule has 1 rings (SSSR count). The smallest absolute Gasteiger partial charge is 0.0462 e. The van der Waals surface area contributed by atoms with Gasteiger partial charge in [-0.3, -0.25) is 0 Å². The van der Waals surface area contributed by atoms with Gasteiger partial charge in [-0.05, 0) is 36.6 Å². The van der Waals surface area contributed by atoms with Crippen molar-refractivity contribution in [3.8, 4) is 0 Å². The predicted molar refractivity (Wildman–Crippen MR) is 64.5 cm³/mol. The molecular weight excluding hydrogens is 233 g/mol. The Hall–Kier alpha value is -0.280. The van der Waals surface area contributed by atoms with E-state index in [-0.39, 0.29) is 6.04 Å². The van der Waals surface area contributed by atoms with Crippen LogP contribution in [0.5, 0.6) is 0 Å². The fraction of sp³-hybridized carbons (Fsp3) is 0.455. The molecule has 1 atom stereocenters. The summed E-state index contributed by atoms with van der Waals surface area (Å²) in [5, 5.41) is 1.25. The van der Waals surface area contributed by atoms with Gasteiger partial charge in [-0.25, -0.2) is 0 Å². The Balaban J connectivity index is 2.60. The first-order chi connectivity index (χ1) is 7.13. The van der Waals surface area contributed by atoms with E-state index >= 15 is 0 Å². The molecule has 0 saturated heterocycles. The number of rotatable bonds is 5. The second-order valence-electron chi connectivity index (χ2n) is 3.44. The van der Waals surface area contributed by atoms with Gasteiger partial charge in [0.1, 0.15) is 0 Å². The van der Waals surface area contributed by atoms with E-state index in [9.17, 15) is 0 Å². The molecule has 0 aliphatic rings. The van der Waals surface area contributed by atoms with E-state index in [0.29, 0.717) is 10.0 Å². The lowest BCUT2D eigenvalue weighted by molar-refractivity contribution is 0.190. The van der Waals surface area contributed by atoms with Crippen molar-refractivity contribution in [1.82, 2.24) is 0 Å². The molecule has 0 saturated carbocycles. The molecule has 0 aliphatic heterocycles. The van der Waals surface area contributed by atoms with Crippen LogP contribution in [0.15, 0.2) is 18.2 Å². The molecule has 0 aliphatic carbocycles. The van der Waals surface area contributed by atoms with Gasteiger partial charge in [0.05, 0.1) is 0 Å². The number of hydrogen-bond donors (Lipinski definition) is 1. The van der Waals surface area contributed by atoms with Crippen molar-refractivity contribution in [1.29, 1.82) is 0 Å². The number of hydrogen-bond acceptors (Lipinski definition) is 2. The van der Waals surface area contributed by atoms with Gasteiger partial charge in [0.15, 0.2) is 0 Å². The Morgan fingerprint density at radius 3 is 2.40 bits per heavy atom. The Morgan fingerprint density at radius 2 is 1.87 bits per heavy atom. The van der Waals surface area contributed by atoms with Crippen LogP contribution in [-0.4, -0.2) is 13.7 Å². The van der Waals surface area contributed by atoms with E-state index < -0.39 is 0 Å². The summed E-state index contributed by atoms with van der Waals surface area (Å²) in [6, 6.07) is 5.38. The zero-order chi connectivity index (χ0) is 11.3. The van der Waals surface area contributed by atoms with Crippen molar-refractivity contribution in [2.75, 3.05) is 13.7 Å². The quantitative estimate of drug-likeness (QED) is 0.810. The summed E-state index contributed by atoms with van der Waals surface area (Å²) in [4.78, 5) is 0. The van der Waals surface area contributed by atoms with E-state index in [1.165, 1.54) is 0 Å². The number of halogens is 2. The van der Waals surface area contributed by atoms with Crippen molar-refractivity contribution >= 4 is 23.2 Å². The molecule has 0 amide bonds. The molecule has 1 unspecified atom stereocenters. The lowest BCUT2D eigenvalue weighted by Crippen LogP contribution is -2.11. The van der Waals surface area contributed by atoms with Crippen molar-refractivity contribution < 1.29 is 4.74 Å². The highest BCUT2D eigenvalue weighted by Gasteiger charge is 2.07. The number of ether oxygens (including phenoxy) is 1. The highest BCUT2D eigenvalue weighted by molar-refractivity contribution is 6.34. The maximum absolute atomic E-state index is 6.00. The molecule has 1 aromatic rings. The zero-order valence-corrected chi connectivity index (χ0v) is 10.2. The van der Waals surface area contributed by atoms with Crippen LogP contribution in [0.1, 0.15) is 24.4 Å². The minimum atomic E-state index is -0.0312. The van der Waals surface area contributed by atoms with Crippen molar-refractivity contribution in [2.45, 2.75) is 18.9 Å². The number of nitrogens with two attached hydrogens (primary N) is 1. The van der Waals surface area contributed by atoms with E-state index in [0.717, 1.165) is 25.0 Å². The minimum Gasteiger partial charge on any atom is -0.385 e. The van der Waals surface area contributed by atoms with Crippen LogP contribution < -0.4 is 5.73 Å². The molecule has 15 heavy (non-hydrogen) atoms. The second-order valence-corrected chi connectivity index (χ2v) is 4.32. The van der Waals surface area contributed by atoms with Gasteiger partial charge in [0.25, 0.3) is 0 Å². The summed E-state index contributed by atoms with van der Waals surface area (Å²) in [5.41, 5.74) is 6.98. The monoisotopic (exact) mass is 247 g/mol. The molecular formula is C11H15Cl2NO. The predicted octanol–water partition coefficient (Wildman–Crippen LogP) is 3.42. The molecule has 0 bridgehead atoms. The van der Waals surface area contributed by atoms with Crippen LogP contribution in [0.3, 0.4) is 0 Å². The van der Waals surface area contributed by atoms with Gasteiger partial charge in [0.2, 0.25) is 0 Å². The molecule has 2 nitrogen and oxygen atoms in total. The Labute approximate surface area is 100 Å². The van der Waals surface area contributed by atoms with Crippen molar-refractivity contribution in [2.24, 2.45) is 5.73 Å². The zero-order valence-electron chi connectivity index (χ0n) is 8.67. The van der Waals surface area contributed by atoms with Gasteiger partial charge in [0, 0.05) is 29.8 Å². The first kappa shape index (κ1) is 12.8. The van der Waals surface area contributed by atoms with Crippen LogP contribution >= 0.6 is 23.2 Å². The third-order valence-corrected chi connectivity index (χ3v) is 2.61. The fourth-order valence-corrected chi connectivity index (χ4v) is 1.95. The van der Waals surface area contributed by atoms with Crippen LogP contribution in [-0.2, 0) is 4.74 Å². The fourth-order valence-electron chi connectivity index (χ4n) is 1.40. The molecule has 0 heterocycles. The highest BCUT2D eigenvalue weighted by Crippen LogP contribution is 2.24. The van der Waals surface area contributed by atoms with Gasteiger partial charge >= 0.3 is 0 Å². The molecule has 1 aromatic carbocycles. The van der Waals surface area contributed by atoms with Crippen LogP contribution in [0.2, 0.25) is 10.0 Å². The third-order valence-electron chi connectivity index (χ3n) is 2.18. The van der Waals surface area contributed by atoms with Gasteiger partial charge < -0.3 is 10.5 Å². The standard InChI is InChI=1S/C11H15Cl2NO/c1-15-4-2-3-11(14)8-5-9(12)7-10(13)6-8/h5-7,11H,2-4,14H2,1H3. The SMILES string of the molecule is COCCCC(N)c1cc(Cl)cc(Cl)c1. The van der Waals surface area contributed by atoms with E-state index in [2.05, 4.69) is 0 Å². The van der Waals surface area contributed by atoms with Crippen LogP contribution in [0.25, 0.3) is 0 Å². The lowest BCUT2D eigenvalue weighted by atomic mass is 10.0. The highest BCUT2D eigenvalue weighted by atomic mass is 35.5. The number of methoxy groups -OCH3 is 1. The van der Waals surface area contributed by atoms with Crippen molar-refractivity contribution in [3.05, 3.63) is 33.8 Å². The summed E-state index contributed by atoms with van der Waals surface area (Å²) in [6.07, 6.45) is 1.80. The Kier molecular flexibility index (Phi) is 5.40. The van der Waals surface area contributed by atoms with Crippen molar-refractivity contribution in [3.63, 3.8) is 0 Å². The Bertz CT molecular complexity index is 297. The Morgan fingerprint density at radius 1 is 1.27 bits per heavy atom. The van der Waals surface area contributed by atoms with E-state index in [1.807, 2.05) is 12.1 Å². The summed E-state index contributed by atoms with van der Waals surface area (Å²) >= 11 is 11.8. The largest absolute Gasteiger partial charge is 0.385 e. The first-order valence-electron chi connectivity index (χ1n) is 4.84. The number of benzene rings is 1. The summed E-state index contributed by atoms with van der Waals surface area (Å²) in [5.74, 6) is 0. The lowest BCUT2D eigenvalue weighted by Gasteiger charge is -2.12. The van der Waals surface area contributed by atoms with Gasteiger partial charge in [-0.1, -0.05) is 23.2 Å². The van der Waals surface area contributed by atoms with E-state index in [4.69, 9.17) is 33.7 Å². The molecule has 2 N–H and O–H groups in total. The van der Waals surface area contributed by atoms with Crippen LogP contribution in [0.4, 0.5) is 0 Å². The third kappa shape index (κ3) is 4.39. The van der Waals surface area contributed by atoms with Crippen LogP contribution in [0, 0.1) is 0 Å². The molecule has 4 heteroatoms. The molecule has 0 aromatic heterocycles. The molecule has 0 fully saturated rings. The summed E-state index contributed by atoms with van der Waals surface area (Å²) in [7, 11) is 1.68. The maximum atomic E-state index is 6.00.